The second kappa shape index (κ2) is 12.1. The van der Waals surface area contributed by atoms with Crippen LogP contribution in [0.3, 0.4) is 0 Å². The Balaban J connectivity index is 1.47. The van der Waals surface area contributed by atoms with Gasteiger partial charge < -0.3 is 25.2 Å². The third-order valence-electron chi connectivity index (χ3n) is 6.21. The van der Waals surface area contributed by atoms with Crippen molar-refractivity contribution in [2.24, 2.45) is 0 Å². The maximum absolute atomic E-state index is 13.8. The molecule has 3 aromatic carbocycles. The number of halogens is 2. The second-order valence-electron chi connectivity index (χ2n) is 8.87. The lowest BCUT2D eigenvalue weighted by Crippen LogP contribution is -2.50. The van der Waals surface area contributed by atoms with Crippen LogP contribution < -0.4 is 15.4 Å². The Bertz CT molecular complexity index is 1160. The van der Waals surface area contributed by atoms with Gasteiger partial charge in [0, 0.05) is 12.6 Å². The van der Waals surface area contributed by atoms with Crippen molar-refractivity contribution in [3.8, 4) is 5.75 Å². The molecule has 190 valence electrons. The minimum Gasteiger partial charge on any atom is -0.410 e. The van der Waals surface area contributed by atoms with Crippen molar-refractivity contribution in [2.75, 3.05) is 13.2 Å². The van der Waals surface area contributed by atoms with Crippen LogP contribution in [0, 0.1) is 11.6 Å². The Morgan fingerprint density at radius 2 is 1.83 bits per heavy atom. The van der Waals surface area contributed by atoms with Gasteiger partial charge in [-0.3, -0.25) is 0 Å². The number of aliphatic hydroxyl groups excluding tert-OH is 1. The molecule has 6 nitrogen and oxygen atoms in total. The average Bonchev–Trinajstić information content (AvgIpc) is 2.86. The highest BCUT2D eigenvalue weighted by Gasteiger charge is 2.26. The van der Waals surface area contributed by atoms with E-state index in [0.717, 1.165) is 23.6 Å². The largest absolute Gasteiger partial charge is 0.412 e. The first-order valence-corrected chi connectivity index (χ1v) is 12.0. The van der Waals surface area contributed by atoms with Gasteiger partial charge in [-0.2, -0.15) is 0 Å². The van der Waals surface area contributed by atoms with E-state index in [-0.39, 0.29) is 19.0 Å². The highest BCUT2D eigenvalue weighted by atomic mass is 19.1. The number of rotatable bonds is 9. The molecule has 0 saturated carbocycles. The van der Waals surface area contributed by atoms with Crippen molar-refractivity contribution in [3.05, 3.63) is 101 Å². The predicted molar refractivity (Wildman–Crippen MR) is 132 cm³/mol. The van der Waals surface area contributed by atoms with Gasteiger partial charge >= 0.3 is 6.09 Å². The maximum Gasteiger partial charge on any atom is 0.412 e. The van der Waals surface area contributed by atoms with E-state index in [2.05, 4.69) is 35.8 Å². The lowest BCUT2D eigenvalue weighted by atomic mass is 9.95. The summed E-state index contributed by atoms with van der Waals surface area (Å²) in [5.74, 6) is -1.13. The Morgan fingerprint density at radius 3 is 2.56 bits per heavy atom. The van der Waals surface area contributed by atoms with Crippen molar-refractivity contribution in [2.45, 2.75) is 44.6 Å². The van der Waals surface area contributed by atoms with Gasteiger partial charge in [-0.1, -0.05) is 43.3 Å². The molecule has 3 N–H and O–H groups in total. The van der Waals surface area contributed by atoms with Gasteiger partial charge in [0.2, 0.25) is 0 Å². The molecule has 0 radical (unpaired) electrons. The molecule has 36 heavy (non-hydrogen) atoms. The number of para-hydroxylation sites is 1. The van der Waals surface area contributed by atoms with Crippen LogP contribution in [0.15, 0.2) is 66.7 Å². The van der Waals surface area contributed by atoms with Gasteiger partial charge in [-0.15, -0.1) is 0 Å². The average molecular weight is 497 g/mol. The van der Waals surface area contributed by atoms with E-state index in [1.807, 2.05) is 0 Å². The second-order valence-corrected chi connectivity index (χ2v) is 8.87. The fourth-order valence-corrected chi connectivity index (χ4v) is 4.31. The SMILES string of the molecule is CCc1ccc2c(c1)C(NC[C@@H](O)[C@H](Cc1cc(F)cc(F)c1)NC(=O)Oc1ccccc1)COC2. The topological polar surface area (TPSA) is 79.8 Å². The van der Waals surface area contributed by atoms with E-state index >= 15 is 0 Å². The molecule has 8 heteroatoms. The van der Waals surface area contributed by atoms with E-state index in [1.54, 1.807) is 30.3 Å². The fraction of sp³-hybridized carbons (Fsp3) is 0.321. The van der Waals surface area contributed by atoms with Crippen LogP contribution in [-0.4, -0.2) is 36.5 Å². The number of amides is 1. The van der Waals surface area contributed by atoms with E-state index in [9.17, 15) is 18.7 Å². The highest BCUT2D eigenvalue weighted by molar-refractivity contribution is 5.70. The van der Waals surface area contributed by atoms with Crippen LogP contribution >= 0.6 is 0 Å². The summed E-state index contributed by atoms with van der Waals surface area (Å²) in [5, 5.41) is 17.0. The third-order valence-corrected chi connectivity index (χ3v) is 6.21. The van der Waals surface area contributed by atoms with Crippen LogP contribution in [0.1, 0.15) is 35.2 Å². The lowest BCUT2D eigenvalue weighted by molar-refractivity contribution is 0.0699. The van der Waals surface area contributed by atoms with Gasteiger partial charge in [0.05, 0.1) is 31.4 Å². The van der Waals surface area contributed by atoms with Crippen molar-refractivity contribution in [1.29, 1.82) is 0 Å². The quantitative estimate of drug-likeness (QED) is 0.408. The van der Waals surface area contributed by atoms with Crippen molar-refractivity contribution < 1.29 is 28.2 Å². The van der Waals surface area contributed by atoms with Crippen molar-refractivity contribution >= 4 is 6.09 Å². The Hall–Kier alpha value is -3.33. The lowest BCUT2D eigenvalue weighted by Gasteiger charge is -2.30. The molecule has 1 amide bonds. The van der Waals surface area contributed by atoms with Gasteiger partial charge in [0.15, 0.2) is 0 Å². The molecule has 0 bridgehead atoms. The van der Waals surface area contributed by atoms with Crippen LogP contribution in [0.5, 0.6) is 5.75 Å². The van der Waals surface area contributed by atoms with Crippen LogP contribution in [-0.2, 0) is 24.2 Å². The molecule has 1 unspecified atom stereocenters. The van der Waals surface area contributed by atoms with E-state index in [4.69, 9.17) is 9.47 Å². The summed E-state index contributed by atoms with van der Waals surface area (Å²) in [6.45, 7) is 3.17. The number of ether oxygens (including phenoxy) is 2. The zero-order chi connectivity index (χ0) is 25.5. The molecule has 0 aliphatic carbocycles. The zero-order valence-electron chi connectivity index (χ0n) is 20.0. The van der Waals surface area contributed by atoms with Crippen LogP contribution in [0.4, 0.5) is 13.6 Å². The normalized spacial score (nSPS) is 16.6. The summed E-state index contributed by atoms with van der Waals surface area (Å²) in [6, 6.07) is 16.9. The Kier molecular flexibility index (Phi) is 8.64. The molecule has 0 aromatic heterocycles. The highest BCUT2D eigenvalue weighted by Crippen LogP contribution is 2.26. The first-order chi connectivity index (χ1) is 17.4. The van der Waals surface area contributed by atoms with Crippen molar-refractivity contribution in [1.82, 2.24) is 10.6 Å². The first-order valence-electron chi connectivity index (χ1n) is 12.0. The molecule has 0 saturated heterocycles. The number of hydrogen-bond donors (Lipinski definition) is 3. The van der Waals surface area contributed by atoms with E-state index in [1.165, 1.54) is 17.7 Å². The fourth-order valence-electron chi connectivity index (χ4n) is 4.31. The summed E-state index contributed by atoms with van der Waals surface area (Å²) in [6.07, 6.45) is -0.956. The molecule has 3 aromatic rings. The predicted octanol–water partition coefficient (Wildman–Crippen LogP) is 4.45. The van der Waals surface area contributed by atoms with Crippen LogP contribution in [0.25, 0.3) is 0 Å². The summed E-state index contributed by atoms with van der Waals surface area (Å²) >= 11 is 0. The molecule has 1 heterocycles. The molecular formula is C28H30F2N2O4. The molecule has 0 spiro atoms. The third kappa shape index (κ3) is 6.87. The Morgan fingerprint density at radius 1 is 1.08 bits per heavy atom. The minimum absolute atomic E-state index is 0.000840. The van der Waals surface area contributed by atoms with Gasteiger partial charge in [-0.05, 0) is 59.4 Å². The number of aliphatic hydroxyl groups is 1. The number of fused-ring (bicyclic) bond motifs is 1. The molecule has 1 aliphatic rings. The first kappa shape index (κ1) is 25.8. The van der Waals surface area contributed by atoms with Gasteiger partial charge in [-0.25, -0.2) is 13.6 Å². The number of carbonyl (C=O) groups is 1. The van der Waals surface area contributed by atoms with Crippen LogP contribution in [0.2, 0.25) is 0 Å². The number of nitrogens with one attached hydrogen (secondary N) is 2. The number of hydrogen-bond acceptors (Lipinski definition) is 5. The number of carbonyl (C=O) groups excluding carboxylic acids is 1. The van der Waals surface area contributed by atoms with Crippen molar-refractivity contribution in [3.63, 3.8) is 0 Å². The van der Waals surface area contributed by atoms with Gasteiger partial charge in [0.25, 0.3) is 0 Å². The molecule has 1 aliphatic heterocycles. The smallest absolute Gasteiger partial charge is 0.410 e. The van der Waals surface area contributed by atoms with E-state index in [0.29, 0.717) is 24.5 Å². The number of aryl methyl sites for hydroxylation is 1. The number of benzene rings is 3. The molecular weight excluding hydrogens is 466 g/mol. The molecule has 3 atom stereocenters. The summed E-state index contributed by atoms with van der Waals surface area (Å²) in [5.41, 5.74) is 3.71. The van der Waals surface area contributed by atoms with Gasteiger partial charge in [0.1, 0.15) is 17.4 Å². The molecule has 4 rings (SSSR count). The minimum atomic E-state index is -1.08. The standard InChI is InChI=1S/C28H30F2N2O4/c1-2-18-8-9-20-16-35-17-26(24(20)12-18)31-15-27(33)25(13-19-10-21(29)14-22(30)11-19)32-28(34)36-23-6-4-3-5-7-23/h3-12,14,25-27,31,33H,2,13,15-17H2,1H3,(H,32,34)/t25-,26?,27+/m0/s1. The maximum atomic E-state index is 13.8. The Labute approximate surface area is 209 Å². The molecule has 0 fully saturated rings. The summed E-state index contributed by atoms with van der Waals surface area (Å²) in [7, 11) is 0. The summed E-state index contributed by atoms with van der Waals surface area (Å²) in [4.78, 5) is 12.6. The monoisotopic (exact) mass is 496 g/mol. The summed E-state index contributed by atoms with van der Waals surface area (Å²) < 4.78 is 38.6. The van der Waals surface area contributed by atoms with E-state index < -0.39 is 29.9 Å². The zero-order valence-corrected chi connectivity index (χ0v) is 20.0.